The predicted molar refractivity (Wildman–Crippen MR) is 98.9 cm³/mol. The number of nitrogens with zero attached hydrogens (tertiary/aromatic N) is 1. The molecule has 2 aromatic carbocycles. The predicted octanol–water partition coefficient (Wildman–Crippen LogP) is 3.76. The van der Waals surface area contributed by atoms with Crippen LogP contribution in [-0.4, -0.2) is 37.4 Å². The molecule has 0 fully saturated rings. The first-order chi connectivity index (χ1) is 11.9. The van der Waals surface area contributed by atoms with Crippen molar-refractivity contribution in [2.75, 3.05) is 26.0 Å². The van der Waals surface area contributed by atoms with Crippen molar-refractivity contribution in [2.45, 2.75) is 13.0 Å². The first-order valence-corrected chi connectivity index (χ1v) is 8.30. The molecule has 0 aliphatic heterocycles. The zero-order valence-electron chi connectivity index (χ0n) is 14.5. The van der Waals surface area contributed by atoms with E-state index in [4.69, 9.17) is 16.3 Å². The smallest absolute Gasteiger partial charge is 0.258 e. The third-order valence-electron chi connectivity index (χ3n) is 3.55. The Morgan fingerprint density at radius 2 is 1.84 bits per heavy atom. The fourth-order valence-corrected chi connectivity index (χ4v) is 2.49. The Morgan fingerprint density at radius 1 is 1.16 bits per heavy atom. The number of hydrogen-bond acceptors (Lipinski definition) is 3. The van der Waals surface area contributed by atoms with Crippen LogP contribution in [0.15, 0.2) is 48.5 Å². The van der Waals surface area contributed by atoms with E-state index < -0.39 is 6.10 Å². The molecule has 6 heteroatoms. The summed E-state index contributed by atoms with van der Waals surface area (Å²) in [5.41, 5.74) is 1.57. The summed E-state index contributed by atoms with van der Waals surface area (Å²) in [6.07, 6.45) is -0.754. The average Bonchev–Trinajstić information content (AvgIpc) is 2.61. The van der Waals surface area contributed by atoms with Crippen LogP contribution in [0.3, 0.4) is 0 Å². The highest BCUT2D eigenvalue weighted by Crippen LogP contribution is 2.26. The number of hydrogen-bond donors (Lipinski definition) is 1. The van der Waals surface area contributed by atoms with Crippen LogP contribution in [0.2, 0.25) is 5.02 Å². The van der Waals surface area contributed by atoms with Crippen molar-refractivity contribution in [1.82, 2.24) is 4.90 Å². The van der Waals surface area contributed by atoms with Crippen molar-refractivity contribution in [3.63, 3.8) is 0 Å². The highest BCUT2D eigenvalue weighted by Gasteiger charge is 2.22. The summed E-state index contributed by atoms with van der Waals surface area (Å²) in [7, 11) is 3.32. The lowest BCUT2D eigenvalue weighted by atomic mass is 10.1. The van der Waals surface area contributed by atoms with Crippen LogP contribution in [0.25, 0.3) is 0 Å². The number of rotatable bonds is 6. The van der Waals surface area contributed by atoms with Crippen LogP contribution in [0.4, 0.5) is 5.69 Å². The van der Waals surface area contributed by atoms with E-state index in [1.54, 1.807) is 32.3 Å². The summed E-state index contributed by atoms with van der Waals surface area (Å²) in [6, 6.07) is 14.0. The fraction of sp³-hybridized carbons (Fsp3) is 0.263. The molecule has 132 valence electrons. The van der Waals surface area contributed by atoms with Crippen LogP contribution in [0.1, 0.15) is 28.9 Å². The minimum absolute atomic E-state index is 0.170. The van der Waals surface area contributed by atoms with E-state index in [2.05, 4.69) is 5.32 Å². The van der Waals surface area contributed by atoms with Crippen LogP contribution in [-0.2, 0) is 9.53 Å². The lowest BCUT2D eigenvalue weighted by molar-refractivity contribution is -0.127. The van der Waals surface area contributed by atoms with Gasteiger partial charge in [0.25, 0.3) is 11.8 Å². The van der Waals surface area contributed by atoms with Gasteiger partial charge in [0.2, 0.25) is 0 Å². The van der Waals surface area contributed by atoms with Gasteiger partial charge in [-0.3, -0.25) is 9.59 Å². The number of nitrogens with one attached hydrogen (secondary N) is 1. The molecule has 2 amide bonds. The number of carbonyl (C=O) groups is 2. The number of anilines is 1. The summed E-state index contributed by atoms with van der Waals surface area (Å²) in [4.78, 5) is 26.2. The zero-order chi connectivity index (χ0) is 18.4. The van der Waals surface area contributed by atoms with Gasteiger partial charge in [0, 0.05) is 26.3 Å². The van der Waals surface area contributed by atoms with Gasteiger partial charge in [0.05, 0.1) is 10.7 Å². The Balaban J connectivity index is 2.26. The summed E-state index contributed by atoms with van der Waals surface area (Å²) < 4.78 is 5.59. The monoisotopic (exact) mass is 360 g/mol. The number of carbonyl (C=O) groups excluding carboxylic acids is 2. The van der Waals surface area contributed by atoms with Crippen molar-refractivity contribution in [3.8, 4) is 0 Å². The molecule has 25 heavy (non-hydrogen) atoms. The summed E-state index contributed by atoms with van der Waals surface area (Å²) >= 11 is 6.17. The fourth-order valence-electron chi connectivity index (χ4n) is 2.33. The molecule has 0 bridgehead atoms. The van der Waals surface area contributed by atoms with E-state index in [9.17, 15) is 9.59 Å². The minimum atomic E-state index is -0.754. The Hall–Kier alpha value is -2.37. The van der Waals surface area contributed by atoms with Gasteiger partial charge >= 0.3 is 0 Å². The third kappa shape index (κ3) is 4.81. The molecule has 1 atom stereocenters. The average molecular weight is 361 g/mol. The molecule has 0 saturated heterocycles. The van der Waals surface area contributed by atoms with E-state index in [-0.39, 0.29) is 11.8 Å². The molecule has 0 spiro atoms. The van der Waals surface area contributed by atoms with E-state index >= 15 is 0 Å². The second kappa shape index (κ2) is 8.65. The second-order valence-electron chi connectivity index (χ2n) is 5.63. The van der Waals surface area contributed by atoms with E-state index in [0.29, 0.717) is 22.9 Å². The SMILES string of the molecule is CCOC(C(=O)Nc1cc(C(=O)N(C)C)ccc1Cl)c1ccccc1. The minimum Gasteiger partial charge on any atom is -0.364 e. The van der Waals surface area contributed by atoms with E-state index in [0.717, 1.165) is 5.56 Å². The molecule has 2 rings (SSSR count). The number of benzene rings is 2. The summed E-state index contributed by atoms with van der Waals surface area (Å²) in [5, 5.41) is 3.11. The van der Waals surface area contributed by atoms with Crippen molar-refractivity contribution >= 4 is 29.1 Å². The van der Waals surface area contributed by atoms with Gasteiger partial charge in [-0.05, 0) is 30.7 Å². The van der Waals surface area contributed by atoms with Crippen LogP contribution < -0.4 is 5.32 Å². The molecule has 1 unspecified atom stereocenters. The topological polar surface area (TPSA) is 58.6 Å². The quantitative estimate of drug-likeness (QED) is 0.853. The molecular formula is C19H21ClN2O3. The molecule has 0 heterocycles. The van der Waals surface area contributed by atoms with Gasteiger partial charge in [-0.2, -0.15) is 0 Å². The van der Waals surface area contributed by atoms with E-state index in [1.807, 2.05) is 37.3 Å². The number of ether oxygens (including phenoxy) is 1. The molecule has 1 N–H and O–H groups in total. The zero-order valence-corrected chi connectivity index (χ0v) is 15.2. The first kappa shape index (κ1) is 19.0. The van der Waals surface area contributed by atoms with Crippen molar-refractivity contribution in [1.29, 1.82) is 0 Å². The maximum Gasteiger partial charge on any atom is 0.258 e. The van der Waals surface area contributed by atoms with Gasteiger partial charge in [0.15, 0.2) is 6.10 Å². The molecular weight excluding hydrogens is 340 g/mol. The van der Waals surface area contributed by atoms with Gasteiger partial charge in [-0.25, -0.2) is 0 Å². The number of amides is 2. The van der Waals surface area contributed by atoms with Gasteiger partial charge < -0.3 is 15.0 Å². The molecule has 5 nitrogen and oxygen atoms in total. The van der Waals surface area contributed by atoms with Crippen LogP contribution >= 0.6 is 11.6 Å². The third-order valence-corrected chi connectivity index (χ3v) is 3.88. The lowest BCUT2D eigenvalue weighted by Gasteiger charge is -2.18. The maximum absolute atomic E-state index is 12.7. The largest absolute Gasteiger partial charge is 0.364 e. The highest BCUT2D eigenvalue weighted by molar-refractivity contribution is 6.34. The maximum atomic E-state index is 12.7. The molecule has 2 aromatic rings. The molecule has 0 aliphatic rings. The lowest BCUT2D eigenvalue weighted by Crippen LogP contribution is -2.25. The second-order valence-corrected chi connectivity index (χ2v) is 6.04. The molecule has 0 saturated carbocycles. The Morgan fingerprint density at radius 3 is 2.44 bits per heavy atom. The standard InChI is InChI=1S/C19H21ClN2O3/c1-4-25-17(13-8-6-5-7-9-13)18(23)21-16-12-14(10-11-15(16)20)19(24)22(2)3/h5-12,17H,4H2,1-3H3,(H,21,23). The number of halogens is 1. The Kier molecular flexibility index (Phi) is 6.56. The van der Waals surface area contributed by atoms with E-state index in [1.165, 1.54) is 4.90 Å². The Bertz CT molecular complexity index is 748. The first-order valence-electron chi connectivity index (χ1n) is 7.92. The van der Waals surface area contributed by atoms with Crippen molar-refractivity contribution in [3.05, 3.63) is 64.7 Å². The normalized spacial score (nSPS) is 11.7. The Labute approximate surface area is 152 Å². The van der Waals surface area contributed by atoms with Crippen LogP contribution in [0.5, 0.6) is 0 Å². The van der Waals surface area contributed by atoms with Gasteiger partial charge in [-0.15, -0.1) is 0 Å². The van der Waals surface area contributed by atoms with Gasteiger partial charge in [-0.1, -0.05) is 41.9 Å². The molecule has 0 radical (unpaired) electrons. The molecule has 0 aliphatic carbocycles. The van der Waals surface area contributed by atoms with Crippen LogP contribution in [0, 0.1) is 0 Å². The highest BCUT2D eigenvalue weighted by atomic mass is 35.5. The molecule has 0 aromatic heterocycles. The summed E-state index contributed by atoms with van der Waals surface area (Å²) in [5.74, 6) is -0.513. The van der Waals surface area contributed by atoms with Crippen molar-refractivity contribution in [2.24, 2.45) is 0 Å². The van der Waals surface area contributed by atoms with Crippen molar-refractivity contribution < 1.29 is 14.3 Å². The summed E-state index contributed by atoms with van der Waals surface area (Å²) in [6.45, 7) is 2.21. The van der Waals surface area contributed by atoms with Gasteiger partial charge in [0.1, 0.15) is 0 Å².